The number of carbonyl (C=O) groups is 1. The summed E-state index contributed by atoms with van der Waals surface area (Å²) in [5, 5.41) is 8.02. The zero-order chi connectivity index (χ0) is 17.7. The molecule has 3 N–H and O–H groups in total. The highest BCUT2D eigenvalue weighted by atomic mass is 32.2. The van der Waals surface area contributed by atoms with Crippen LogP contribution in [-0.4, -0.2) is 40.0 Å². The zero-order valence-electron chi connectivity index (χ0n) is 14.0. The summed E-state index contributed by atoms with van der Waals surface area (Å²) in [5.74, 6) is -0.130. The van der Waals surface area contributed by atoms with Crippen molar-refractivity contribution in [3.05, 3.63) is 42.5 Å². The van der Waals surface area contributed by atoms with E-state index in [1.807, 2.05) is 24.3 Å². The fraction of sp³-hybridized carbons (Fsp3) is 0.389. The van der Waals surface area contributed by atoms with E-state index in [0.717, 1.165) is 36.7 Å². The first-order chi connectivity index (χ1) is 12.0. The maximum Gasteiger partial charge on any atom is 0.240 e. The Morgan fingerprint density at radius 3 is 2.72 bits per heavy atom. The molecule has 7 heteroatoms. The van der Waals surface area contributed by atoms with Crippen LogP contribution in [0.2, 0.25) is 0 Å². The molecule has 0 unspecified atom stereocenters. The van der Waals surface area contributed by atoms with Crippen molar-refractivity contribution in [2.75, 3.05) is 19.6 Å². The summed E-state index contributed by atoms with van der Waals surface area (Å²) in [7, 11) is -3.62. The molecule has 1 fully saturated rings. The van der Waals surface area contributed by atoms with Gasteiger partial charge in [0.15, 0.2) is 0 Å². The van der Waals surface area contributed by atoms with Gasteiger partial charge in [0.2, 0.25) is 15.9 Å². The number of rotatable bonds is 6. The monoisotopic (exact) mass is 361 g/mol. The van der Waals surface area contributed by atoms with E-state index in [4.69, 9.17) is 0 Å². The topological polar surface area (TPSA) is 87.3 Å². The Morgan fingerprint density at radius 1 is 1.16 bits per heavy atom. The van der Waals surface area contributed by atoms with Gasteiger partial charge in [0.25, 0.3) is 0 Å². The third-order valence-corrected chi connectivity index (χ3v) is 5.80. The highest BCUT2D eigenvalue weighted by Gasteiger charge is 2.17. The van der Waals surface area contributed by atoms with E-state index < -0.39 is 10.0 Å². The molecule has 1 atom stereocenters. The largest absolute Gasteiger partial charge is 0.352 e. The molecule has 0 bridgehead atoms. The van der Waals surface area contributed by atoms with Crippen molar-refractivity contribution in [3.63, 3.8) is 0 Å². The number of piperidine rings is 1. The minimum Gasteiger partial charge on any atom is -0.352 e. The molecule has 0 aromatic heterocycles. The van der Waals surface area contributed by atoms with E-state index >= 15 is 0 Å². The third-order valence-electron chi connectivity index (χ3n) is 4.34. The van der Waals surface area contributed by atoms with Crippen molar-refractivity contribution in [1.29, 1.82) is 0 Å². The third kappa shape index (κ3) is 4.78. The van der Waals surface area contributed by atoms with Gasteiger partial charge in [0.05, 0.1) is 4.90 Å². The molecular formula is C18H23N3O3S. The van der Waals surface area contributed by atoms with Crippen LogP contribution in [-0.2, 0) is 14.8 Å². The molecule has 0 saturated carbocycles. The molecule has 1 heterocycles. The number of hydrogen-bond acceptors (Lipinski definition) is 4. The average molecular weight is 361 g/mol. The van der Waals surface area contributed by atoms with Gasteiger partial charge in [-0.1, -0.05) is 30.3 Å². The first kappa shape index (κ1) is 17.8. The Bertz CT molecular complexity index is 846. The van der Waals surface area contributed by atoms with Gasteiger partial charge in [-0.15, -0.1) is 0 Å². The number of hydrogen-bond donors (Lipinski definition) is 3. The Kier molecular flexibility index (Phi) is 5.67. The summed E-state index contributed by atoms with van der Waals surface area (Å²) >= 11 is 0. The van der Waals surface area contributed by atoms with Crippen LogP contribution in [0.5, 0.6) is 0 Å². The minimum absolute atomic E-state index is 0.0845. The second kappa shape index (κ2) is 7.95. The summed E-state index contributed by atoms with van der Waals surface area (Å²) in [5.41, 5.74) is 0. The van der Waals surface area contributed by atoms with Crippen LogP contribution < -0.4 is 15.4 Å². The molecule has 3 rings (SSSR count). The molecule has 0 radical (unpaired) electrons. The molecule has 1 aliphatic rings. The van der Waals surface area contributed by atoms with E-state index in [1.54, 1.807) is 18.2 Å². The normalized spacial score (nSPS) is 18.2. The lowest BCUT2D eigenvalue weighted by Crippen LogP contribution is -2.46. The molecule has 1 amide bonds. The highest BCUT2D eigenvalue weighted by molar-refractivity contribution is 7.89. The van der Waals surface area contributed by atoms with E-state index in [0.29, 0.717) is 0 Å². The Balaban J connectivity index is 1.54. The summed E-state index contributed by atoms with van der Waals surface area (Å²) < 4.78 is 27.3. The van der Waals surface area contributed by atoms with Crippen LogP contribution in [0, 0.1) is 0 Å². The quantitative estimate of drug-likeness (QED) is 0.725. The second-order valence-corrected chi connectivity index (χ2v) is 8.03. The minimum atomic E-state index is -3.62. The van der Waals surface area contributed by atoms with Crippen LogP contribution in [0.15, 0.2) is 47.4 Å². The summed E-state index contributed by atoms with van der Waals surface area (Å²) in [6, 6.07) is 12.7. The summed E-state index contributed by atoms with van der Waals surface area (Å²) in [4.78, 5) is 12.1. The molecule has 6 nitrogen and oxygen atoms in total. The maximum absolute atomic E-state index is 12.4. The highest BCUT2D eigenvalue weighted by Crippen LogP contribution is 2.18. The van der Waals surface area contributed by atoms with Crippen LogP contribution in [0.1, 0.15) is 19.3 Å². The van der Waals surface area contributed by atoms with E-state index in [2.05, 4.69) is 15.4 Å². The van der Waals surface area contributed by atoms with Crippen LogP contribution in [0.4, 0.5) is 0 Å². The van der Waals surface area contributed by atoms with Crippen LogP contribution >= 0.6 is 0 Å². The Hall–Kier alpha value is -1.96. The molecule has 25 heavy (non-hydrogen) atoms. The molecule has 0 aliphatic carbocycles. The lowest BCUT2D eigenvalue weighted by Gasteiger charge is -2.23. The van der Waals surface area contributed by atoms with Gasteiger partial charge in [0.1, 0.15) is 0 Å². The van der Waals surface area contributed by atoms with Gasteiger partial charge < -0.3 is 10.6 Å². The first-order valence-electron chi connectivity index (χ1n) is 8.53. The number of sulfonamides is 1. The summed E-state index contributed by atoms with van der Waals surface area (Å²) in [6.45, 7) is 1.84. The van der Waals surface area contributed by atoms with Gasteiger partial charge in [-0.2, -0.15) is 0 Å². The molecule has 1 saturated heterocycles. The lowest BCUT2D eigenvalue weighted by molar-refractivity contribution is -0.121. The van der Waals surface area contributed by atoms with Crippen molar-refractivity contribution in [2.45, 2.75) is 30.2 Å². The molecule has 134 valence electrons. The molecule has 2 aromatic rings. The average Bonchev–Trinajstić information content (AvgIpc) is 2.62. The maximum atomic E-state index is 12.4. The first-order valence-corrected chi connectivity index (χ1v) is 10.0. The molecule has 2 aromatic carbocycles. The smallest absolute Gasteiger partial charge is 0.240 e. The van der Waals surface area contributed by atoms with Gasteiger partial charge in [-0.25, -0.2) is 13.1 Å². The fourth-order valence-electron chi connectivity index (χ4n) is 2.99. The van der Waals surface area contributed by atoms with Gasteiger partial charge in [-0.3, -0.25) is 4.79 Å². The Labute approximate surface area is 148 Å². The van der Waals surface area contributed by atoms with Crippen molar-refractivity contribution in [3.8, 4) is 0 Å². The number of nitrogens with one attached hydrogen (secondary N) is 3. The molecule has 1 aliphatic heterocycles. The van der Waals surface area contributed by atoms with Crippen LogP contribution in [0.3, 0.4) is 0 Å². The second-order valence-electron chi connectivity index (χ2n) is 6.27. The van der Waals surface area contributed by atoms with Gasteiger partial charge in [0, 0.05) is 25.6 Å². The number of fused-ring (bicyclic) bond motifs is 1. The van der Waals surface area contributed by atoms with Crippen molar-refractivity contribution >= 4 is 26.7 Å². The van der Waals surface area contributed by atoms with E-state index in [1.165, 1.54) is 0 Å². The molecule has 0 spiro atoms. The predicted molar refractivity (Wildman–Crippen MR) is 97.8 cm³/mol. The number of carbonyl (C=O) groups excluding carboxylic acids is 1. The predicted octanol–water partition coefficient (Wildman–Crippen LogP) is 1.38. The van der Waals surface area contributed by atoms with Gasteiger partial charge >= 0.3 is 0 Å². The zero-order valence-corrected chi connectivity index (χ0v) is 14.8. The SMILES string of the molecule is O=C(CCNS(=O)(=O)c1ccc2ccccc2c1)N[C@H]1CCCNC1. The number of amides is 1. The summed E-state index contributed by atoms with van der Waals surface area (Å²) in [6.07, 6.45) is 2.13. The van der Waals surface area contributed by atoms with Gasteiger partial charge in [-0.05, 0) is 42.3 Å². The van der Waals surface area contributed by atoms with Crippen molar-refractivity contribution < 1.29 is 13.2 Å². The number of benzene rings is 2. The van der Waals surface area contributed by atoms with Crippen molar-refractivity contribution in [2.24, 2.45) is 0 Å². The fourth-order valence-corrected chi connectivity index (χ4v) is 4.06. The van der Waals surface area contributed by atoms with Crippen LogP contribution in [0.25, 0.3) is 10.8 Å². The van der Waals surface area contributed by atoms with E-state index in [9.17, 15) is 13.2 Å². The standard InChI is InChI=1S/C18H23N3O3S/c22-18(21-16-6-3-10-19-13-16)9-11-20-25(23,24)17-8-7-14-4-1-2-5-15(14)12-17/h1-2,4-5,7-8,12,16,19-20H,3,6,9-11,13H2,(H,21,22)/t16-/m0/s1. The Morgan fingerprint density at radius 2 is 1.96 bits per heavy atom. The lowest BCUT2D eigenvalue weighted by atomic mass is 10.1. The van der Waals surface area contributed by atoms with Crippen molar-refractivity contribution in [1.82, 2.24) is 15.4 Å². The molecular weight excluding hydrogens is 338 g/mol. The van der Waals surface area contributed by atoms with E-state index in [-0.39, 0.29) is 29.8 Å².